The van der Waals surface area contributed by atoms with Gasteiger partial charge in [0.15, 0.2) is 0 Å². The number of hydrogen-bond donors (Lipinski definition) is 1. The van der Waals surface area contributed by atoms with Crippen molar-refractivity contribution >= 4 is 5.91 Å². The fourth-order valence-electron chi connectivity index (χ4n) is 2.16. The lowest BCUT2D eigenvalue weighted by molar-refractivity contribution is -0.123. The molecule has 0 heterocycles. The monoisotopic (exact) mass is 262 g/mol. The van der Waals surface area contributed by atoms with E-state index in [1.807, 2.05) is 18.2 Å². The van der Waals surface area contributed by atoms with Crippen LogP contribution >= 0.6 is 0 Å². The Morgan fingerprint density at radius 1 is 1.16 bits per heavy atom. The van der Waals surface area contributed by atoms with E-state index in [1.165, 1.54) is 5.56 Å². The van der Waals surface area contributed by atoms with E-state index in [4.69, 9.17) is 0 Å². The van der Waals surface area contributed by atoms with Gasteiger partial charge < -0.3 is 5.32 Å². The van der Waals surface area contributed by atoms with Gasteiger partial charge in [-0.15, -0.1) is 0 Å². The van der Waals surface area contributed by atoms with E-state index >= 15 is 0 Å². The van der Waals surface area contributed by atoms with Gasteiger partial charge in [0, 0.05) is 0 Å². The van der Waals surface area contributed by atoms with Gasteiger partial charge in [-0.1, -0.05) is 58.0 Å². The summed E-state index contributed by atoms with van der Waals surface area (Å²) >= 11 is 0. The fraction of sp³-hybridized carbons (Fsp3) is 0.562. The van der Waals surface area contributed by atoms with Crippen LogP contribution in [0.1, 0.15) is 39.3 Å². The van der Waals surface area contributed by atoms with Crippen molar-refractivity contribution < 1.29 is 4.79 Å². The van der Waals surface area contributed by atoms with Crippen LogP contribution in [0.5, 0.6) is 0 Å². The molecule has 1 aromatic rings. The van der Waals surface area contributed by atoms with Crippen LogP contribution in [0.25, 0.3) is 0 Å². The molecule has 0 aromatic heterocycles. The van der Waals surface area contributed by atoms with Crippen molar-refractivity contribution in [2.24, 2.45) is 5.92 Å². The van der Waals surface area contributed by atoms with Crippen molar-refractivity contribution in [1.82, 2.24) is 10.2 Å². The molecule has 3 nitrogen and oxygen atoms in total. The van der Waals surface area contributed by atoms with E-state index in [0.717, 1.165) is 13.1 Å². The second kappa shape index (κ2) is 7.95. The first-order chi connectivity index (χ1) is 9.08. The Morgan fingerprint density at radius 3 is 2.21 bits per heavy atom. The lowest BCUT2D eigenvalue weighted by Crippen LogP contribution is -2.40. The van der Waals surface area contributed by atoms with E-state index in [9.17, 15) is 4.79 Å². The molecule has 0 bridgehead atoms. The normalized spacial score (nSPS) is 12.7. The molecule has 0 aliphatic carbocycles. The summed E-state index contributed by atoms with van der Waals surface area (Å²) in [6.07, 6.45) is 0. The van der Waals surface area contributed by atoms with Crippen molar-refractivity contribution in [2.45, 2.75) is 33.7 Å². The number of amides is 1. The van der Waals surface area contributed by atoms with Gasteiger partial charge in [0.25, 0.3) is 0 Å². The summed E-state index contributed by atoms with van der Waals surface area (Å²) < 4.78 is 0. The van der Waals surface area contributed by atoms with E-state index in [2.05, 4.69) is 50.0 Å². The quantitative estimate of drug-likeness (QED) is 0.819. The molecule has 1 aromatic carbocycles. The van der Waals surface area contributed by atoms with Gasteiger partial charge in [-0.05, 0) is 24.6 Å². The van der Waals surface area contributed by atoms with Crippen molar-refractivity contribution in [3.05, 3.63) is 35.9 Å². The highest BCUT2D eigenvalue weighted by molar-refractivity contribution is 5.78. The number of carbonyl (C=O) groups is 1. The zero-order valence-corrected chi connectivity index (χ0v) is 12.5. The Bertz CT molecular complexity index is 372. The van der Waals surface area contributed by atoms with Crippen LogP contribution in [0.4, 0.5) is 0 Å². The largest absolute Gasteiger partial charge is 0.348 e. The average Bonchev–Trinajstić information content (AvgIpc) is 2.42. The molecule has 0 saturated heterocycles. The summed E-state index contributed by atoms with van der Waals surface area (Å²) in [5, 5.41) is 3.15. The van der Waals surface area contributed by atoms with Crippen molar-refractivity contribution in [3.8, 4) is 0 Å². The number of benzene rings is 1. The first-order valence-corrected chi connectivity index (χ1v) is 7.15. The maximum Gasteiger partial charge on any atom is 0.234 e. The van der Waals surface area contributed by atoms with Crippen LogP contribution in [-0.2, 0) is 4.79 Å². The third-order valence-electron chi connectivity index (χ3n) is 3.40. The standard InChI is InChI=1S/C16H26N2O/c1-5-18(6-2)12-15(19)17-16(13(3)4)14-10-8-7-9-11-14/h7-11,13,16H,5-6,12H2,1-4H3,(H,17,19). The lowest BCUT2D eigenvalue weighted by atomic mass is 9.96. The average molecular weight is 262 g/mol. The molecule has 1 rings (SSSR count). The molecule has 106 valence electrons. The molecule has 1 amide bonds. The second-order valence-corrected chi connectivity index (χ2v) is 5.16. The van der Waals surface area contributed by atoms with Crippen LogP contribution in [-0.4, -0.2) is 30.4 Å². The van der Waals surface area contributed by atoms with E-state index in [-0.39, 0.29) is 11.9 Å². The lowest BCUT2D eigenvalue weighted by Gasteiger charge is -2.25. The first-order valence-electron chi connectivity index (χ1n) is 7.15. The molecule has 0 aliphatic heterocycles. The molecule has 0 spiro atoms. The first kappa shape index (κ1) is 15.7. The van der Waals surface area contributed by atoms with Gasteiger partial charge in [-0.3, -0.25) is 9.69 Å². The van der Waals surface area contributed by atoms with E-state index in [0.29, 0.717) is 12.5 Å². The van der Waals surface area contributed by atoms with Crippen LogP contribution in [0.3, 0.4) is 0 Å². The van der Waals surface area contributed by atoms with Gasteiger partial charge in [0.2, 0.25) is 5.91 Å². The predicted octanol–water partition coefficient (Wildman–Crippen LogP) is 2.84. The molecular weight excluding hydrogens is 236 g/mol. The van der Waals surface area contributed by atoms with Crippen LogP contribution in [0, 0.1) is 5.92 Å². The minimum Gasteiger partial charge on any atom is -0.348 e. The Kier molecular flexibility index (Phi) is 6.57. The zero-order chi connectivity index (χ0) is 14.3. The SMILES string of the molecule is CCN(CC)CC(=O)NC(c1ccccc1)C(C)C. The van der Waals surface area contributed by atoms with Crippen molar-refractivity contribution in [1.29, 1.82) is 0 Å². The number of hydrogen-bond acceptors (Lipinski definition) is 2. The van der Waals surface area contributed by atoms with Gasteiger partial charge in [0.05, 0.1) is 12.6 Å². The summed E-state index contributed by atoms with van der Waals surface area (Å²) in [6, 6.07) is 10.3. The highest BCUT2D eigenvalue weighted by Crippen LogP contribution is 2.21. The van der Waals surface area contributed by atoms with Gasteiger partial charge in [0.1, 0.15) is 0 Å². The summed E-state index contributed by atoms with van der Waals surface area (Å²) in [5.41, 5.74) is 1.17. The molecule has 1 atom stereocenters. The van der Waals surface area contributed by atoms with Crippen molar-refractivity contribution in [3.63, 3.8) is 0 Å². The van der Waals surface area contributed by atoms with E-state index < -0.39 is 0 Å². The molecule has 0 saturated carbocycles. The number of likely N-dealkylation sites (N-methyl/N-ethyl adjacent to an activating group) is 1. The van der Waals surface area contributed by atoms with Gasteiger partial charge >= 0.3 is 0 Å². The minimum absolute atomic E-state index is 0.0873. The number of rotatable bonds is 7. The Hall–Kier alpha value is -1.35. The molecular formula is C16H26N2O. The fourth-order valence-corrected chi connectivity index (χ4v) is 2.16. The molecule has 1 N–H and O–H groups in total. The van der Waals surface area contributed by atoms with Crippen LogP contribution in [0.2, 0.25) is 0 Å². The summed E-state index contributed by atoms with van der Waals surface area (Å²) in [7, 11) is 0. The molecule has 0 radical (unpaired) electrons. The third-order valence-corrected chi connectivity index (χ3v) is 3.40. The van der Waals surface area contributed by atoms with E-state index in [1.54, 1.807) is 0 Å². The summed E-state index contributed by atoms with van der Waals surface area (Å²) in [4.78, 5) is 14.2. The number of carbonyl (C=O) groups excluding carboxylic acids is 1. The van der Waals surface area contributed by atoms with Crippen molar-refractivity contribution in [2.75, 3.05) is 19.6 Å². The number of nitrogens with one attached hydrogen (secondary N) is 1. The Labute approximate surface area is 117 Å². The van der Waals surface area contributed by atoms with Crippen LogP contribution < -0.4 is 5.32 Å². The number of nitrogens with zero attached hydrogens (tertiary/aromatic N) is 1. The highest BCUT2D eigenvalue weighted by Gasteiger charge is 2.18. The topological polar surface area (TPSA) is 32.3 Å². The maximum atomic E-state index is 12.1. The predicted molar refractivity (Wildman–Crippen MR) is 80.0 cm³/mol. The summed E-state index contributed by atoms with van der Waals surface area (Å²) in [6.45, 7) is 10.7. The Balaban J connectivity index is 2.67. The molecule has 0 aliphatic rings. The molecule has 1 unspecified atom stereocenters. The zero-order valence-electron chi connectivity index (χ0n) is 12.5. The smallest absolute Gasteiger partial charge is 0.234 e. The third kappa shape index (κ3) is 5.03. The second-order valence-electron chi connectivity index (χ2n) is 5.16. The summed E-state index contributed by atoms with van der Waals surface area (Å²) in [5.74, 6) is 0.481. The maximum absolute atomic E-state index is 12.1. The van der Waals surface area contributed by atoms with Gasteiger partial charge in [-0.25, -0.2) is 0 Å². The van der Waals surface area contributed by atoms with Crippen LogP contribution in [0.15, 0.2) is 30.3 Å². The minimum atomic E-state index is 0.0873. The molecule has 19 heavy (non-hydrogen) atoms. The molecule has 3 heteroatoms. The highest BCUT2D eigenvalue weighted by atomic mass is 16.2. The molecule has 0 fully saturated rings. The van der Waals surface area contributed by atoms with Gasteiger partial charge in [-0.2, -0.15) is 0 Å². The Morgan fingerprint density at radius 2 is 1.74 bits per heavy atom.